The summed E-state index contributed by atoms with van der Waals surface area (Å²) in [7, 11) is 0. The number of nitrogens with two attached hydrogens (primary N) is 1. The molecule has 7 heteroatoms. The number of rotatable bonds is 5. The molecule has 4 nitrogen and oxygen atoms in total. The van der Waals surface area contributed by atoms with Crippen LogP contribution in [0.1, 0.15) is 16.0 Å². The largest absolute Gasteiger partial charge is 0.409 e. The first-order chi connectivity index (χ1) is 9.60. The highest BCUT2D eigenvalue weighted by Gasteiger charge is 2.06. The molecule has 20 heavy (non-hydrogen) atoms. The molecule has 0 saturated heterocycles. The van der Waals surface area contributed by atoms with Gasteiger partial charge >= 0.3 is 0 Å². The molecule has 0 radical (unpaired) electrons. The number of benzene rings is 1. The molecule has 0 aliphatic rings. The van der Waals surface area contributed by atoms with Crippen molar-refractivity contribution in [1.82, 2.24) is 5.32 Å². The molecule has 0 spiro atoms. The first-order valence-electron chi connectivity index (χ1n) is 5.80. The summed E-state index contributed by atoms with van der Waals surface area (Å²) in [4.78, 5) is 1.18. The van der Waals surface area contributed by atoms with Crippen molar-refractivity contribution in [2.24, 2.45) is 10.9 Å². The summed E-state index contributed by atoms with van der Waals surface area (Å²) in [6.07, 6.45) is 0. The van der Waals surface area contributed by atoms with Crippen LogP contribution in [0.4, 0.5) is 4.39 Å². The van der Waals surface area contributed by atoms with E-state index >= 15 is 0 Å². The molecule has 4 N–H and O–H groups in total. The Morgan fingerprint density at radius 3 is 2.85 bits per heavy atom. The minimum absolute atomic E-state index is 0.105. The fourth-order valence-electron chi connectivity index (χ4n) is 1.73. The smallest absolute Gasteiger partial charge is 0.170 e. The van der Waals surface area contributed by atoms with Gasteiger partial charge < -0.3 is 16.3 Å². The second-order valence-corrected chi connectivity index (χ2v) is 5.98. The Morgan fingerprint density at radius 2 is 2.20 bits per heavy atom. The zero-order chi connectivity index (χ0) is 14.5. The third kappa shape index (κ3) is 3.78. The molecule has 0 fully saturated rings. The Morgan fingerprint density at radius 1 is 1.40 bits per heavy atom. The van der Waals surface area contributed by atoms with Crippen LogP contribution in [0, 0.1) is 5.82 Å². The lowest BCUT2D eigenvalue weighted by Crippen LogP contribution is -2.16. The third-order valence-electron chi connectivity index (χ3n) is 2.67. The van der Waals surface area contributed by atoms with Gasteiger partial charge in [-0.2, -0.15) is 0 Å². The van der Waals surface area contributed by atoms with E-state index in [9.17, 15) is 4.39 Å². The molecule has 0 aliphatic carbocycles. The topological polar surface area (TPSA) is 70.6 Å². The molecule has 2 aromatic rings. The maximum atomic E-state index is 13.5. The van der Waals surface area contributed by atoms with Gasteiger partial charge in [0.1, 0.15) is 5.82 Å². The van der Waals surface area contributed by atoms with Gasteiger partial charge in [0.15, 0.2) is 5.84 Å². The second-order valence-electron chi connectivity index (χ2n) is 4.13. The highest BCUT2D eigenvalue weighted by Crippen LogP contribution is 2.22. The molecular weight excluding hydrogens is 345 g/mol. The number of amidine groups is 1. The third-order valence-corrected chi connectivity index (χ3v) is 4.59. The van der Waals surface area contributed by atoms with E-state index in [-0.39, 0.29) is 5.84 Å². The van der Waals surface area contributed by atoms with Crippen molar-refractivity contribution >= 4 is 33.1 Å². The summed E-state index contributed by atoms with van der Waals surface area (Å²) in [6, 6.07) is 6.33. The van der Waals surface area contributed by atoms with Crippen LogP contribution in [0.3, 0.4) is 0 Å². The lowest BCUT2D eigenvalue weighted by atomic mass is 10.1. The van der Waals surface area contributed by atoms with Crippen LogP contribution >= 0.6 is 27.3 Å². The van der Waals surface area contributed by atoms with Gasteiger partial charge in [0.2, 0.25) is 0 Å². The van der Waals surface area contributed by atoms with Gasteiger partial charge in [-0.3, -0.25) is 0 Å². The molecule has 2 rings (SSSR count). The molecule has 0 unspecified atom stereocenters. The maximum Gasteiger partial charge on any atom is 0.170 e. The fourth-order valence-corrected chi connectivity index (χ4v) is 3.19. The highest BCUT2D eigenvalue weighted by molar-refractivity contribution is 9.10. The predicted octanol–water partition coefficient (Wildman–Crippen LogP) is 3.03. The van der Waals surface area contributed by atoms with Gasteiger partial charge in [-0.05, 0) is 51.1 Å². The predicted molar refractivity (Wildman–Crippen MR) is 81.5 cm³/mol. The van der Waals surface area contributed by atoms with Crippen molar-refractivity contribution in [3.8, 4) is 0 Å². The zero-order valence-electron chi connectivity index (χ0n) is 10.4. The van der Waals surface area contributed by atoms with Crippen LogP contribution in [0.25, 0.3) is 0 Å². The highest BCUT2D eigenvalue weighted by atomic mass is 79.9. The van der Waals surface area contributed by atoms with Crippen LogP contribution in [0.15, 0.2) is 39.3 Å². The monoisotopic (exact) mass is 357 g/mol. The number of nitrogens with one attached hydrogen (secondary N) is 1. The van der Waals surface area contributed by atoms with Crippen LogP contribution < -0.4 is 11.1 Å². The van der Waals surface area contributed by atoms with Crippen molar-refractivity contribution in [3.63, 3.8) is 0 Å². The minimum atomic E-state index is -0.414. The van der Waals surface area contributed by atoms with E-state index in [2.05, 4.69) is 26.4 Å². The Labute approximate surface area is 128 Å². The lowest BCUT2D eigenvalue weighted by Gasteiger charge is -2.07. The van der Waals surface area contributed by atoms with Crippen LogP contribution in [0.5, 0.6) is 0 Å². The average molecular weight is 358 g/mol. The summed E-state index contributed by atoms with van der Waals surface area (Å²) in [5.41, 5.74) is 6.56. The van der Waals surface area contributed by atoms with Gasteiger partial charge in [-0.25, -0.2) is 4.39 Å². The quantitative estimate of drug-likeness (QED) is 0.333. The van der Waals surface area contributed by atoms with Gasteiger partial charge in [0.25, 0.3) is 0 Å². The minimum Gasteiger partial charge on any atom is -0.409 e. The van der Waals surface area contributed by atoms with Gasteiger partial charge in [-0.15, -0.1) is 11.3 Å². The van der Waals surface area contributed by atoms with E-state index in [1.807, 2.05) is 11.4 Å². The molecule has 0 atom stereocenters. The number of hydrogen-bond acceptors (Lipinski definition) is 4. The van der Waals surface area contributed by atoms with Gasteiger partial charge in [0.05, 0.1) is 0 Å². The molecule has 1 heterocycles. The average Bonchev–Trinajstić information content (AvgIpc) is 2.83. The van der Waals surface area contributed by atoms with Crippen molar-refractivity contribution in [2.45, 2.75) is 13.1 Å². The van der Waals surface area contributed by atoms with Crippen molar-refractivity contribution in [3.05, 3.63) is 55.9 Å². The Bertz CT molecular complexity index is 630. The summed E-state index contributed by atoms with van der Waals surface area (Å²) < 4.78 is 14.5. The number of thiophene rings is 1. The van der Waals surface area contributed by atoms with Crippen molar-refractivity contribution in [1.29, 1.82) is 0 Å². The zero-order valence-corrected chi connectivity index (χ0v) is 12.8. The standard InChI is InChI=1S/C13H13BrFN3OS/c14-11-1-2-20-12(11)7-17-6-8-3-9(13(16)18-19)5-10(15)4-8/h1-5,17,19H,6-7H2,(H2,16,18). The second kappa shape index (κ2) is 6.83. The normalized spacial score (nSPS) is 11.8. The molecule has 0 aliphatic heterocycles. The maximum absolute atomic E-state index is 13.5. The molecule has 1 aromatic carbocycles. The Balaban J connectivity index is 2.02. The SMILES string of the molecule is N/C(=N/O)c1cc(F)cc(CNCc2sccc2Br)c1. The first-order valence-corrected chi connectivity index (χ1v) is 7.47. The van der Waals surface area contributed by atoms with Crippen molar-refractivity contribution in [2.75, 3.05) is 0 Å². The van der Waals surface area contributed by atoms with Gasteiger partial charge in [0, 0.05) is 28.0 Å². The van der Waals surface area contributed by atoms with Crippen molar-refractivity contribution < 1.29 is 9.60 Å². The van der Waals surface area contributed by atoms with E-state index in [4.69, 9.17) is 10.9 Å². The molecule has 0 bridgehead atoms. The summed E-state index contributed by atoms with van der Waals surface area (Å²) in [5, 5.41) is 16.7. The number of halogens is 2. The van der Waals surface area contributed by atoms with E-state index in [0.29, 0.717) is 18.7 Å². The molecule has 106 valence electrons. The van der Waals surface area contributed by atoms with Crippen LogP contribution in [-0.4, -0.2) is 11.0 Å². The Hall–Kier alpha value is -1.44. The molecule has 1 aromatic heterocycles. The Kier molecular flexibility index (Phi) is 5.11. The van der Waals surface area contributed by atoms with Crippen LogP contribution in [-0.2, 0) is 13.1 Å². The lowest BCUT2D eigenvalue weighted by molar-refractivity contribution is 0.318. The molecule has 0 amide bonds. The number of hydrogen-bond donors (Lipinski definition) is 3. The fraction of sp³-hybridized carbons (Fsp3) is 0.154. The van der Waals surface area contributed by atoms with Gasteiger partial charge in [-0.1, -0.05) is 5.16 Å². The summed E-state index contributed by atoms with van der Waals surface area (Å²) in [5.74, 6) is -0.519. The van der Waals surface area contributed by atoms with Crippen LogP contribution in [0.2, 0.25) is 0 Å². The first kappa shape index (κ1) is 15.0. The molecule has 0 saturated carbocycles. The summed E-state index contributed by atoms with van der Waals surface area (Å²) in [6.45, 7) is 1.18. The summed E-state index contributed by atoms with van der Waals surface area (Å²) >= 11 is 5.10. The number of nitrogens with zero attached hydrogens (tertiary/aromatic N) is 1. The van der Waals surface area contributed by atoms with E-state index in [1.54, 1.807) is 17.4 Å². The molecular formula is C13H13BrFN3OS. The van der Waals surface area contributed by atoms with E-state index in [1.165, 1.54) is 17.0 Å². The van der Waals surface area contributed by atoms with E-state index in [0.717, 1.165) is 10.0 Å². The van der Waals surface area contributed by atoms with E-state index < -0.39 is 5.82 Å². The number of oxime groups is 1.